The summed E-state index contributed by atoms with van der Waals surface area (Å²) in [7, 11) is 0. The summed E-state index contributed by atoms with van der Waals surface area (Å²) < 4.78 is 63.1. The highest BCUT2D eigenvalue weighted by atomic mass is 32.1. The second kappa shape index (κ2) is 13.8. The van der Waals surface area contributed by atoms with Gasteiger partial charge in [0.15, 0.2) is 17.5 Å². The Morgan fingerprint density at radius 1 is 0.351 bits per heavy atom. The molecule has 3 nitrogen and oxygen atoms in total. The molecule has 4 heteroatoms. The molecule has 0 unspecified atom stereocenters. The van der Waals surface area contributed by atoms with Gasteiger partial charge in [-0.25, -0.2) is 15.0 Å². The van der Waals surface area contributed by atoms with E-state index in [0.717, 1.165) is 49.9 Å². The standard InChI is InChI=1S/C53H33N3S/c1-3-13-35(14-4-1)51-54-52(36-15-5-2-6-16-36)56-53(55-51)42-27-28-45(41-26-29-47-46-19-9-10-21-49(46)57-50(47)33-41)48(32-42)40-25-23-37-30-39(24-22-38(37)31-40)44-20-11-17-34-12-7-8-18-43(34)44/h1-33H/i9D,10D,19D,21D,26D,29D,33D. The van der Waals surface area contributed by atoms with Gasteiger partial charge in [0.05, 0.1) is 9.60 Å². The highest BCUT2D eigenvalue weighted by molar-refractivity contribution is 7.25. The van der Waals surface area contributed by atoms with E-state index in [-0.39, 0.29) is 57.3 Å². The number of benzene rings is 9. The van der Waals surface area contributed by atoms with Gasteiger partial charge in [-0.3, -0.25) is 0 Å². The van der Waals surface area contributed by atoms with Gasteiger partial charge in [0.2, 0.25) is 0 Å². The average molecular weight is 751 g/mol. The highest BCUT2D eigenvalue weighted by Crippen LogP contribution is 2.41. The van der Waals surface area contributed by atoms with Gasteiger partial charge in [0, 0.05) is 36.9 Å². The van der Waals surface area contributed by atoms with Crippen molar-refractivity contribution in [1.82, 2.24) is 15.0 Å². The van der Waals surface area contributed by atoms with Crippen LogP contribution in [0.25, 0.3) is 109 Å². The minimum atomic E-state index is -0.415. The van der Waals surface area contributed by atoms with Gasteiger partial charge in [-0.1, -0.05) is 170 Å². The summed E-state index contributed by atoms with van der Waals surface area (Å²) in [5, 5.41) is 4.71. The normalized spacial score (nSPS) is 13.2. The third kappa shape index (κ3) is 6.04. The van der Waals surface area contributed by atoms with E-state index in [9.17, 15) is 4.11 Å². The number of hydrogen-bond acceptors (Lipinski definition) is 4. The Labute approximate surface area is 344 Å². The Bertz CT molecular complexity index is 3640. The summed E-state index contributed by atoms with van der Waals surface area (Å²) in [6.07, 6.45) is 0. The summed E-state index contributed by atoms with van der Waals surface area (Å²) in [5.74, 6) is 1.45. The molecule has 11 aromatic rings. The van der Waals surface area contributed by atoms with Gasteiger partial charge in [-0.2, -0.15) is 0 Å². The lowest BCUT2D eigenvalue weighted by atomic mass is 9.90. The maximum absolute atomic E-state index is 9.67. The number of hydrogen-bond donors (Lipinski definition) is 0. The number of thiophene rings is 1. The molecule has 0 aliphatic heterocycles. The number of rotatable bonds is 6. The van der Waals surface area contributed by atoms with Crippen molar-refractivity contribution in [3.05, 3.63) is 200 Å². The Hall–Kier alpha value is -7.27. The summed E-state index contributed by atoms with van der Waals surface area (Å²) in [6, 6.07) is 50.8. The van der Waals surface area contributed by atoms with Gasteiger partial charge >= 0.3 is 0 Å². The fraction of sp³-hybridized carbons (Fsp3) is 0. The quantitative estimate of drug-likeness (QED) is 0.170. The summed E-state index contributed by atoms with van der Waals surface area (Å²) in [4.78, 5) is 14.9. The molecule has 0 saturated carbocycles. The van der Waals surface area contributed by atoms with Crippen molar-refractivity contribution in [2.45, 2.75) is 0 Å². The smallest absolute Gasteiger partial charge is 0.164 e. The van der Waals surface area contributed by atoms with Crippen LogP contribution in [0.1, 0.15) is 9.60 Å². The zero-order valence-corrected chi connectivity index (χ0v) is 31.1. The van der Waals surface area contributed by atoms with Gasteiger partial charge in [-0.05, 0) is 85.2 Å². The molecule has 0 fully saturated rings. The number of aromatic nitrogens is 3. The first-order valence-corrected chi connectivity index (χ1v) is 19.4. The van der Waals surface area contributed by atoms with Crippen molar-refractivity contribution < 1.29 is 9.60 Å². The molecule has 0 amide bonds. The molecule has 11 rings (SSSR count). The van der Waals surface area contributed by atoms with Crippen LogP contribution in [-0.2, 0) is 0 Å². The molecule has 2 aromatic heterocycles. The molecular formula is C53H33N3S. The lowest BCUT2D eigenvalue weighted by molar-refractivity contribution is 1.07. The Kier molecular flexibility index (Phi) is 6.42. The predicted molar refractivity (Wildman–Crippen MR) is 240 cm³/mol. The third-order valence-electron chi connectivity index (χ3n) is 10.4. The van der Waals surface area contributed by atoms with Crippen LogP contribution in [0, 0.1) is 0 Å². The summed E-state index contributed by atoms with van der Waals surface area (Å²) in [6.45, 7) is 0. The lowest BCUT2D eigenvalue weighted by Gasteiger charge is -2.15. The van der Waals surface area contributed by atoms with Crippen LogP contribution in [0.4, 0.5) is 0 Å². The first-order chi connectivity index (χ1) is 31.1. The van der Waals surface area contributed by atoms with Gasteiger partial charge < -0.3 is 0 Å². The van der Waals surface area contributed by atoms with Crippen molar-refractivity contribution in [3.8, 4) is 67.5 Å². The van der Waals surface area contributed by atoms with Crippen molar-refractivity contribution >= 4 is 53.1 Å². The van der Waals surface area contributed by atoms with E-state index in [1.807, 2.05) is 91.0 Å². The summed E-state index contributed by atoms with van der Waals surface area (Å²) >= 11 is 1.06. The Morgan fingerprint density at radius 2 is 0.947 bits per heavy atom. The van der Waals surface area contributed by atoms with Crippen molar-refractivity contribution in [2.24, 2.45) is 0 Å². The first-order valence-electron chi connectivity index (χ1n) is 22.1. The maximum Gasteiger partial charge on any atom is 0.164 e. The SMILES string of the molecule is [2H]c1c([2H])c([2H])c2c(sc3c([2H])c(-c4ccc(-c5nc(-c6ccccc6)nc(-c6ccccc6)n5)cc4-c4ccc5cc(-c6cccc7ccccc67)ccc5c4)c([2H])c([2H])c32)c1[2H]. The van der Waals surface area contributed by atoms with Gasteiger partial charge in [0.25, 0.3) is 0 Å². The molecular weight excluding hydrogens is 711 g/mol. The van der Waals surface area contributed by atoms with Crippen molar-refractivity contribution in [2.75, 3.05) is 0 Å². The number of fused-ring (bicyclic) bond motifs is 5. The van der Waals surface area contributed by atoms with E-state index in [1.54, 1.807) is 0 Å². The minimum Gasteiger partial charge on any atom is -0.208 e. The van der Waals surface area contributed by atoms with Crippen LogP contribution >= 0.6 is 11.3 Å². The van der Waals surface area contributed by atoms with E-state index in [2.05, 4.69) is 66.7 Å². The monoisotopic (exact) mass is 750 g/mol. The summed E-state index contributed by atoms with van der Waals surface area (Å²) in [5.41, 5.74) is 6.83. The molecule has 0 bridgehead atoms. The van der Waals surface area contributed by atoms with Gasteiger partial charge in [-0.15, -0.1) is 11.3 Å². The van der Waals surface area contributed by atoms with Crippen molar-refractivity contribution in [3.63, 3.8) is 0 Å². The molecule has 0 atom stereocenters. The highest BCUT2D eigenvalue weighted by Gasteiger charge is 2.17. The molecule has 0 aliphatic rings. The molecule has 0 N–H and O–H groups in total. The van der Waals surface area contributed by atoms with E-state index >= 15 is 0 Å². The topological polar surface area (TPSA) is 38.7 Å². The lowest BCUT2D eigenvalue weighted by Crippen LogP contribution is -2.00. The minimum absolute atomic E-state index is 0.0264. The largest absolute Gasteiger partial charge is 0.208 e. The first kappa shape index (κ1) is 26.5. The molecule has 266 valence electrons. The van der Waals surface area contributed by atoms with Crippen LogP contribution in [0.5, 0.6) is 0 Å². The zero-order valence-electron chi connectivity index (χ0n) is 37.3. The fourth-order valence-electron chi connectivity index (χ4n) is 7.57. The second-order valence-electron chi connectivity index (χ2n) is 13.9. The van der Waals surface area contributed by atoms with Crippen LogP contribution < -0.4 is 0 Å². The van der Waals surface area contributed by atoms with Crippen LogP contribution in [0.3, 0.4) is 0 Å². The number of nitrogens with zero attached hydrogens (tertiary/aromatic N) is 3. The molecule has 0 saturated heterocycles. The maximum atomic E-state index is 9.67. The molecule has 0 spiro atoms. The Balaban J connectivity index is 1.14. The van der Waals surface area contributed by atoms with Crippen molar-refractivity contribution in [1.29, 1.82) is 0 Å². The van der Waals surface area contributed by atoms with E-state index in [0.29, 0.717) is 38.9 Å². The predicted octanol–water partition coefficient (Wildman–Crippen LogP) is 14.5. The van der Waals surface area contributed by atoms with Crippen LogP contribution in [0.2, 0.25) is 0 Å². The second-order valence-corrected chi connectivity index (χ2v) is 14.9. The molecule has 2 heterocycles. The zero-order chi connectivity index (χ0) is 43.8. The van der Waals surface area contributed by atoms with E-state index < -0.39 is 6.04 Å². The van der Waals surface area contributed by atoms with E-state index in [1.165, 1.54) is 10.8 Å². The van der Waals surface area contributed by atoms with Crippen LogP contribution in [-0.4, -0.2) is 15.0 Å². The molecule has 9 aromatic carbocycles. The Morgan fingerprint density at radius 3 is 1.68 bits per heavy atom. The average Bonchev–Trinajstić information content (AvgIpc) is 3.76. The third-order valence-corrected chi connectivity index (χ3v) is 11.4. The van der Waals surface area contributed by atoms with Gasteiger partial charge in [0.1, 0.15) is 0 Å². The van der Waals surface area contributed by atoms with Crippen LogP contribution in [0.15, 0.2) is 200 Å². The molecule has 0 aliphatic carbocycles. The fourth-order valence-corrected chi connectivity index (χ4v) is 8.54. The molecule has 57 heavy (non-hydrogen) atoms. The molecule has 0 radical (unpaired) electrons. The van der Waals surface area contributed by atoms with E-state index in [4.69, 9.17) is 20.4 Å².